The second-order valence-electron chi connectivity index (χ2n) is 6.74. The molecular weight excluding hydrogens is 350 g/mol. The summed E-state index contributed by atoms with van der Waals surface area (Å²) in [7, 11) is -0.554. The summed E-state index contributed by atoms with van der Waals surface area (Å²) in [6.07, 6.45) is 3.21. The Labute approximate surface area is 149 Å². The number of nitrogens with zero attached hydrogens (tertiary/aromatic N) is 1. The number of rotatable bonds is 4. The zero-order chi connectivity index (χ0) is 16.8. The van der Waals surface area contributed by atoms with Gasteiger partial charge in [0.15, 0.2) is 0 Å². The van der Waals surface area contributed by atoms with Crippen LogP contribution in [-0.2, 0) is 14.8 Å². The van der Waals surface area contributed by atoms with Gasteiger partial charge in [0.1, 0.15) is 0 Å². The van der Waals surface area contributed by atoms with Gasteiger partial charge in [0.05, 0.1) is 10.8 Å². The maximum Gasteiger partial charge on any atom is 0.242 e. The highest BCUT2D eigenvalue weighted by molar-refractivity contribution is 7.89. The molecule has 134 valence electrons. The van der Waals surface area contributed by atoms with Gasteiger partial charge < -0.3 is 11.1 Å². The Balaban J connectivity index is 0.00000208. The largest absolute Gasteiger partial charge is 0.327 e. The van der Waals surface area contributed by atoms with Crippen LogP contribution in [0, 0.1) is 17.8 Å². The van der Waals surface area contributed by atoms with Crippen molar-refractivity contribution in [3.63, 3.8) is 0 Å². The third-order valence-corrected chi connectivity index (χ3v) is 6.97. The van der Waals surface area contributed by atoms with Crippen LogP contribution in [0.2, 0.25) is 0 Å². The fourth-order valence-electron chi connectivity index (χ4n) is 3.90. The molecule has 1 aromatic rings. The number of amides is 1. The van der Waals surface area contributed by atoms with Crippen LogP contribution in [0.5, 0.6) is 0 Å². The van der Waals surface area contributed by atoms with Gasteiger partial charge in [-0.05, 0) is 49.3 Å². The first-order valence-corrected chi connectivity index (χ1v) is 9.34. The van der Waals surface area contributed by atoms with E-state index < -0.39 is 10.0 Å². The molecule has 2 bridgehead atoms. The zero-order valence-electron chi connectivity index (χ0n) is 13.8. The number of halogens is 1. The maximum absolute atomic E-state index is 12.6. The van der Waals surface area contributed by atoms with E-state index in [0.29, 0.717) is 17.5 Å². The third-order valence-electron chi connectivity index (χ3n) is 5.16. The Kier molecular flexibility index (Phi) is 5.59. The van der Waals surface area contributed by atoms with E-state index in [-0.39, 0.29) is 35.2 Å². The summed E-state index contributed by atoms with van der Waals surface area (Å²) >= 11 is 0. The number of benzene rings is 1. The van der Waals surface area contributed by atoms with E-state index in [9.17, 15) is 13.2 Å². The quantitative estimate of drug-likeness (QED) is 0.839. The van der Waals surface area contributed by atoms with Gasteiger partial charge in [0.2, 0.25) is 15.9 Å². The topological polar surface area (TPSA) is 92.5 Å². The summed E-state index contributed by atoms with van der Waals surface area (Å²) in [5.41, 5.74) is 6.69. The molecule has 8 heteroatoms. The van der Waals surface area contributed by atoms with E-state index in [1.165, 1.54) is 26.2 Å². The van der Waals surface area contributed by atoms with Crippen molar-refractivity contribution >= 4 is 34.0 Å². The predicted molar refractivity (Wildman–Crippen MR) is 95.5 cm³/mol. The molecule has 0 radical (unpaired) electrons. The number of anilines is 1. The number of nitrogens with one attached hydrogen (secondary N) is 1. The van der Waals surface area contributed by atoms with Gasteiger partial charge in [-0.1, -0.05) is 6.07 Å². The van der Waals surface area contributed by atoms with E-state index in [4.69, 9.17) is 5.73 Å². The molecule has 0 spiro atoms. The fourth-order valence-corrected chi connectivity index (χ4v) is 4.84. The smallest absolute Gasteiger partial charge is 0.242 e. The van der Waals surface area contributed by atoms with Crippen LogP contribution in [0.4, 0.5) is 5.69 Å². The van der Waals surface area contributed by atoms with Crippen molar-refractivity contribution in [3.8, 4) is 0 Å². The van der Waals surface area contributed by atoms with Gasteiger partial charge in [0, 0.05) is 25.8 Å². The molecule has 0 saturated heterocycles. The molecule has 4 atom stereocenters. The van der Waals surface area contributed by atoms with E-state index in [0.717, 1.165) is 23.6 Å². The minimum absolute atomic E-state index is 0. The SMILES string of the molecule is CN(C)S(=O)(=O)c1cccc(NC(=O)C2C3CCC(C3)C2N)c1.Cl. The highest BCUT2D eigenvalue weighted by atomic mass is 35.5. The molecule has 2 saturated carbocycles. The average Bonchev–Trinajstić information content (AvgIpc) is 3.08. The zero-order valence-corrected chi connectivity index (χ0v) is 15.4. The first kappa shape index (κ1) is 19.2. The lowest BCUT2D eigenvalue weighted by Crippen LogP contribution is -2.42. The van der Waals surface area contributed by atoms with E-state index >= 15 is 0 Å². The second kappa shape index (κ2) is 7.00. The molecule has 24 heavy (non-hydrogen) atoms. The van der Waals surface area contributed by atoms with Crippen molar-refractivity contribution in [2.45, 2.75) is 30.2 Å². The van der Waals surface area contributed by atoms with Crippen molar-refractivity contribution in [2.75, 3.05) is 19.4 Å². The maximum atomic E-state index is 12.6. The molecule has 2 fully saturated rings. The van der Waals surface area contributed by atoms with Gasteiger partial charge in [-0.25, -0.2) is 12.7 Å². The fraction of sp³-hybridized carbons (Fsp3) is 0.562. The average molecular weight is 374 g/mol. The van der Waals surface area contributed by atoms with Crippen molar-refractivity contribution in [1.82, 2.24) is 4.31 Å². The van der Waals surface area contributed by atoms with E-state index in [1.54, 1.807) is 12.1 Å². The molecule has 0 heterocycles. The first-order valence-electron chi connectivity index (χ1n) is 7.89. The Bertz CT molecular complexity index is 721. The molecule has 1 amide bonds. The Hall–Kier alpha value is -1.15. The van der Waals surface area contributed by atoms with Crippen LogP contribution < -0.4 is 11.1 Å². The van der Waals surface area contributed by atoms with Crippen LogP contribution in [-0.4, -0.2) is 38.8 Å². The van der Waals surface area contributed by atoms with Gasteiger partial charge in [-0.2, -0.15) is 0 Å². The normalized spacial score (nSPS) is 28.7. The minimum Gasteiger partial charge on any atom is -0.327 e. The van der Waals surface area contributed by atoms with Crippen molar-refractivity contribution in [2.24, 2.45) is 23.5 Å². The van der Waals surface area contributed by atoms with Crippen molar-refractivity contribution in [3.05, 3.63) is 24.3 Å². The lowest BCUT2D eigenvalue weighted by Gasteiger charge is -2.27. The molecular formula is C16H24ClN3O3S. The number of hydrogen-bond donors (Lipinski definition) is 2. The lowest BCUT2D eigenvalue weighted by molar-refractivity contribution is -0.121. The van der Waals surface area contributed by atoms with Crippen molar-refractivity contribution in [1.29, 1.82) is 0 Å². The number of sulfonamides is 1. The Morgan fingerprint density at radius 2 is 1.92 bits per heavy atom. The van der Waals surface area contributed by atoms with E-state index in [1.807, 2.05) is 0 Å². The Morgan fingerprint density at radius 3 is 2.50 bits per heavy atom. The second-order valence-corrected chi connectivity index (χ2v) is 8.89. The molecule has 4 unspecified atom stereocenters. The molecule has 0 aliphatic heterocycles. The summed E-state index contributed by atoms with van der Waals surface area (Å²) in [5, 5.41) is 2.85. The standard InChI is InChI=1S/C16H23N3O3S.ClH/c1-19(2)23(21,22)13-5-3-4-12(9-13)18-16(20)14-10-6-7-11(8-10)15(14)17;/h3-5,9-11,14-15H,6-8,17H2,1-2H3,(H,18,20);1H. The van der Waals surface area contributed by atoms with Crippen LogP contribution >= 0.6 is 12.4 Å². The molecule has 2 aliphatic rings. The molecule has 3 rings (SSSR count). The number of nitrogens with two attached hydrogens (primary N) is 1. The third kappa shape index (κ3) is 3.31. The number of fused-ring (bicyclic) bond motifs is 2. The predicted octanol–water partition coefficient (Wildman–Crippen LogP) is 1.67. The molecule has 2 aliphatic carbocycles. The van der Waals surface area contributed by atoms with Crippen molar-refractivity contribution < 1.29 is 13.2 Å². The van der Waals surface area contributed by atoms with Crippen LogP contribution in [0.3, 0.4) is 0 Å². The highest BCUT2D eigenvalue weighted by Crippen LogP contribution is 2.47. The Morgan fingerprint density at radius 1 is 1.25 bits per heavy atom. The number of hydrogen-bond acceptors (Lipinski definition) is 4. The summed E-state index contributed by atoms with van der Waals surface area (Å²) in [5.74, 6) is 0.562. The molecule has 0 aromatic heterocycles. The number of carbonyl (C=O) groups is 1. The minimum atomic E-state index is -3.52. The summed E-state index contributed by atoms with van der Waals surface area (Å²) in [6, 6.07) is 6.26. The molecule has 6 nitrogen and oxygen atoms in total. The summed E-state index contributed by atoms with van der Waals surface area (Å²) in [6.45, 7) is 0. The highest BCUT2D eigenvalue weighted by Gasteiger charge is 2.49. The van der Waals surface area contributed by atoms with Crippen LogP contribution in [0.15, 0.2) is 29.2 Å². The number of carbonyl (C=O) groups excluding carboxylic acids is 1. The monoisotopic (exact) mass is 373 g/mol. The lowest BCUT2D eigenvalue weighted by atomic mass is 9.84. The van der Waals surface area contributed by atoms with Gasteiger partial charge in [-0.3, -0.25) is 4.79 Å². The summed E-state index contributed by atoms with van der Waals surface area (Å²) < 4.78 is 25.5. The first-order chi connectivity index (χ1) is 10.8. The van der Waals surface area contributed by atoms with Crippen LogP contribution in [0.25, 0.3) is 0 Å². The molecule has 1 aromatic carbocycles. The van der Waals surface area contributed by atoms with Gasteiger partial charge >= 0.3 is 0 Å². The summed E-state index contributed by atoms with van der Waals surface area (Å²) in [4.78, 5) is 12.7. The van der Waals surface area contributed by atoms with Gasteiger partial charge in [0.25, 0.3) is 0 Å². The van der Waals surface area contributed by atoms with Gasteiger partial charge in [-0.15, -0.1) is 12.4 Å². The molecule has 3 N–H and O–H groups in total. The van der Waals surface area contributed by atoms with Crippen LogP contribution in [0.1, 0.15) is 19.3 Å². The van der Waals surface area contributed by atoms with E-state index in [2.05, 4.69) is 5.32 Å².